The Hall–Kier alpha value is -2.14. The average Bonchev–Trinajstić information content (AvgIpc) is 3.40. The lowest BCUT2D eigenvalue weighted by atomic mass is 9.88. The third-order valence-corrected chi connectivity index (χ3v) is 5.50. The van der Waals surface area contributed by atoms with E-state index < -0.39 is 5.60 Å². The molecule has 2 heterocycles. The second-order valence-electron chi connectivity index (χ2n) is 7.08. The van der Waals surface area contributed by atoms with E-state index in [4.69, 9.17) is 4.74 Å². The van der Waals surface area contributed by atoms with Crippen LogP contribution in [0.2, 0.25) is 0 Å². The number of pyridine rings is 1. The summed E-state index contributed by atoms with van der Waals surface area (Å²) in [5.41, 5.74) is 0.595. The van der Waals surface area contributed by atoms with Crippen molar-refractivity contribution in [2.75, 3.05) is 20.2 Å². The zero-order valence-electron chi connectivity index (χ0n) is 14.0. The Kier molecular flexibility index (Phi) is 3.49. The highest BCUT2D eigenvalue weighted by molar-refractivity contribution is 6.06. The third kappa shape index (κ3) is 2.35. The number of rotatable bonds is 3. The second kappa shape index (κ2) is 5.45. The van der Waals surface area contributed by atoms with Gasteiger partial charge in [0, 0.05) is 23.9 Å². The van der Waals surface area contributed by atoms with E-state index in [2.05, 4.69) is 4.98 Å². The fraction of sp³-hybridized carbons (Fsp3) is 0.474. The molecule has 2 fully saturated rings. The van der Waals surface area contributed by atoms with Crippen LogP contribution in [0.4, 0.5) is 0 Å². The summed E-state index contributed by atoms with van der Waals surface area (Å²) in [4.78, 5) is 19.3. The van der Waals surface area contributed by atoms with Crippen molar-refractivity contribution in [2.24, 2.45) is 11.8 Å². The van der Waals surface area contributed by atoms with Crippen LogP contribution >= 0.6 is 0 Å². The third-order valence-electron chi connectivity index (χ3n) is 5.50. The SMILES string of the molecule is COc1cc(C(=O)N2CC(C)C(O)(C3CC3)C2)c2ccccc2n1. The summed E-state index contributed by atoms with van der Waals surface area (Å²) in [5, 5.41) is 11.8. The molecular weight excluding hydrogens is 304 g/mol. The molecule has 2 unspecified atom stereocenters. The fourth-order valence-electron chi connectivity index (χ4n) is 3.89. The van der Waals surface area contributed by atoms with Crippen molar-refractivity contribution in [2.45, 2.75) is 25.4 Å². The first-order chi connectivity index (χ1) is 11.5. The van der Waals surface area contributed by atoms with E-state index in [0.29, 0.717) is 30.5 Å². The Morgan fingerprint density at radius 1 is 1.38 bits per heavy atom. The summed E-state index contributed by atoms with van der Waals surface area (Å²) in [6.07, 6.45) is 2.13. The van der Waals surface area contributed by atoms with Crippen LogP contribution in [-0.2, 0) is 0 Å². The van der Waals surface area contributed by atoms with Gasteiger partial charge in [0.05, 0.1) is 30.3 Å². The van der Waals surface area contributed by atoms with Gasteiger partial charge in [0.25, 0.3) is 5.91 Å². The first kappa shape index (κ1) is 15.4. The first-order valence-corrected chi connectivity index (χ1v) is 8.48. The lowest BCUT2D eigenvalue weighted by molar-refractivity contribution is -0.00363. The number of nitrogens with zero attached hydrogens (tertiary/aromatic N) is 2. The van der Waals surface area contributed by atoms with Gasteiger partial charge in [0.15, 0.2) is 0 Å². The van der Waals surface area contributed by atoms with Crippen LogP contribution in [0.25, 0.3) is 10.9 Å². The number of carbonyl (C=O) groups is 1. The zero-order chi connectivity index (χ0) is 16.9. The number of methoxy groups -OCH3 is 1. The van der Waals surface area contributed by atoms with E-state index in [1.807, 2.05) is 31.2 Å². The standard InChI is InChI=1S/C19H22N2O3/c1-12-10-21(11-19(12,23)13-7-8-13)18(22)15-9-17(24-2)20-16-6-4-3-5-14(15)16/h3-6,9,12-13,23H,7-8,10-11H2,1-2H3. The topological polar surface area (TPSA) is 62.7 Å². The summed E-state index contributed by atoms with van der Waals surface area (Å²) < 4.78 is 5.25. The number of para-hydroxylation sites is 1. The molecule has 2 atom stereocenters. The van der Waals surface area contributed by atoms with Gasteiger partial charge in [-0.25, -0.2) is 4.98 Å². The summed E-state index contributed by atoms with van der Waals surface area (Å²) in [6, 6.07) is 9.28. The highest BCUT2D eigenvalue weighted by Gasteiger charge is 2.53. The summed E-state index contributed by atoms with van der Waals surface area (Å²) in [6.45, 7) is 3.04. The molecule has 2 aromatic rings. The number of likely N-dealkylation sites (tertiary alicyclic amines) is 1. The largest absolute Gasteiger partial charge is 0.481 e. The lowest BCUT2D eigenvalue weighted by Gasteiger charge is -2.26. The maximum Gasteiger partial charge on any atom is 0.254 e. The Morgan fingerprint density at radius 3 is 2.83 bits per heavy atom. The Labute approximate surface area is 141 Å². The molecule has 1 amide bonds. The number of amides is 1. The molecule has 1 saturated heterocycles. The van der Waals surface area contributed by atoms with Crippen LogP contribution < -0.4 is 4.74 Å². The predicted octanol–water partition coefficient (Wildman–Crippen LogP) is 2.48. The number of hydrogen-bond acceptors (Lipinski definition) is 4. The van der Waals surface area contributed by atoms with Crippen molar-refractivity contribution in [1.29, 1.82) is 0 Å². The molecule has 5 heteroatoms. The van der Waals surface area contributed by atoms with Crippen molar-refractivity contribution in [3.8, 4) is 5.88 Å². The van der Waals surface area contributed by atoms with Crippen molar-refractivity contribution in [3.05, 3.63) is 35.9 Å². The number of carbonyl (C=O) groups excluding carboxylic acids is 1. The molecule has 4 rings (SSSR count). The highest BCUT2D eigenvalue weighted by atomic mass is 16.5. The van der Waals surface area contributed by atoms with Gasteiger partial charge >= 0.3 is 0 Å². The normalized spacial score (nSPS) is 26.8. The minimum atomic E-state index is -0.734. The fourth-order valence-corrected chi connectivity index (χ4v) is 3.89. The van der Waals surface area contributed by atoms with Crippen LogP contribution in [0.5, 0.6) is 5.88 Å². The molecule has 126 valence electrons. The summed E-state index contributed by atoms with van der Waals surface area (Å²) in [7, 11) is 1.55. The first-order valence-electron chi connectivity index (χ1n) is 8.48. The predicted molar refractivity (Wildman–Crippen MR) is 91.0 cm³/mol. The molecule has 1 aliphatic heterocycles. The van der Waals surface area contributed by atoms with E-state index in [0.717, 1.165) is 23.7 Å². The number of ether oxygens (including phenoxy) is 1. The molecule has 1 aromatic heterocycles. The van der Waals surface area contributed by atoms with Gasteiger partial charge in [-0.1, -0.05) is 25.1 Å². The Bertz CT molecular complexity index is 802. The number of aromatic nitrogens is 1. The molecule has 5 nitrogen and oxygen atoms in total. The van der Waals surface area contributed by atoms with Crippen molar-refractivity contribution >= 4 is 16.8 Å². The molecule has 1 aliphatic carbocycles. The molecule has 0 radical (unpaired) electrons. The summed E-state index contributed by atoms with van der Waals surface area (Å²) in [5.74, 6) is 0.815. The molecule has 0 spiro atoms. The maximum atomic E-state index is 13.1. The maximum absolute atomic E-state index is 13.1. The lowest BCUT2D eigenvalue weighted by Crippen LogP contribution is -2.40. The molecule has 0 bridgehead atoms. The van der Waals surface area contributed by atoms with Crippen LogP contribution in [0, 0.1) is 11.8 Å². The van der Waals surface area contributed by atoms with E-state index >= 15 is 0 Å². The smallest absolute Gasteiger partial charge is 0.254 e. The number of hydrogen-bond donors (Lipinski definition) is 1. The Morgan fingerprint density at radius 2 is 2.12 bits per heavy atom. The van der Waals surface area contributed by atoms with Gasteiger partial charge in [-0.15, -0.1) is 0 Å². The quantitative estimate of drug-likeness (QED) is 0.941. The molecule has 24 heavy (non-hydrogen) atoms. The van der Waals surface area contributed by atoms with Gasteiger partial charge in [-0.05, 0) is 24.8 Å². The van der Waals surface area contributed by atoms with Crippen LogP contribution in [0.1, 0.15) is 30.1 Å². The number of benzene rings is 1. The molecule has 1 saturated carbocycles. The van der Waals surface area contributed by atoms with Gasteiger partial charge in [-0.3, -0.25) is 4.79 Å². The average molecular weight is 326 g/mol. The highest BCUT2D eigenvalue weighted by Crippen LogP contribution is 2.47. The van der Waals surface area contributed by atoms with Crippen LogP contribution in [-0.4, -0.2) is 46.7 Å². The van der Waals surface area contributed by atoms with Crippen molar-refractivity contribution in [3.63, 3.8) is 0 Å². The number of β-amino-alcohol motifs (C(OH)–C–C–N with tert-alkyl or cyclic N) is 1. The van der Waals surface area contributed by atoms with Crippen LogP contribution in [0.15, 0.2) is 30.3 Å². The minimum Gasteiger partial charge on any atom is -0.481 e. The van der Waals surface area contributed by atoms with Crippen molar-refractivity contribution in [1.82, 2.24) is 9.88 Å². The molecule has 2 aliphatic rings. The Balaban J connectivity index is 1.71. The number of fused-ring (bicyclic) bond motifs is 1. The zero-order valence-corrected chi connectivity index (χ0v) is 14.0. The van der Waals surface area contributed by atoms with Crippen molar-refractivity contribution < 1.29 is 14.6 Å². The van der Waals surface area contributed by atoms with E-state index in [9.17, 15) is 9.90 Å². The van der Waals surface area contributed by atoms with Gasteiger partial charge in [0.1, 0.15) is 0 Å². The van der Waals surface area contributed by atoms with Gasteiger partial charge < -0.3 is 14.7 Å². The minimum absolute atomic E-state index is 0.0599. The molecule has 1 aromatic carbocycles. The second-order valence-corrected chi connectivity index (χ2v) is 7.08. The molecular formula is C19H22N2O3. The van der Waals surface area contributed by atoms with E-state index in [1.54, 1.807) is 18.1 Å². The van der Waals surface area contributed by atoms with Gasteiger partial charge in [-0.2, -0.15) is 0 Å². The number of aliphatic hydroxyl groups is 1. The molecule has 1 N–H and O–H groups in total. The van der Waals surface area contributed by atoms with E-state index in [-0.39, 0.29) is 11.8 Å². The van der Waals surface area contributed by atoms with Gasteiger partial charge in [0.2, 0.25) is 5.88 Å². The van der Waals surface area contributed by atoms with Crippen LogP contribution in [0.3, 0.4) is 0 Å². The summed E-state index contributed by atoms with van der Waals surface area (Å²) >= 11 is 0. The van der Waals surface area contributed by atoms with E-state index in [1.165, 1.54) is 0 Å². The monoisotopic (exact) mass is 326 g/mol.